The first kappa shape index (κ1) is 19.1. The molecular formula is C19H24ClNO2. The second-order valence-corrected chi connectivity index (χ2v) is 4.91. The van der Waals surface area contributed by atoms with Crippen molar-refractivity contribution in [3.05, 3.63) is 72.3 Å². The van der Waals surface area contributed by atoms with Gasteiger partial charge in [-0.2, -0.15) is 0 Å². The highest BCUT2D eigenvalue weighted by Crippen LogP contribution is 2.29. The predicted octanol–water partition coefficient (Wildman–Crippen LogP) is 4.36. The number of rotatable bonds is 9. The smallest absolute Gasteiger partial charge is 0.161 e. The minimum Gasteiger partial charge on any atom is -0.490 e. The van der Waals surface area contributed by atoms with Crippen molar-refractivity contribution in [2.45, 2.75) is 20.1 Å². The van der Waals surface area contributed by atoms with Gasteiger partial charge in [-0.25, -0.2) is 0 Å². The molecule has 0 spiro atoms. The average Bonchev–Trinajstić information content (AvgIpc) is 2.56. The molecular weight excluding hydrogens is 310 g/mol. The average molecular weight is 334 g/mol. The molecule has 124 valence electrons. The maximum atomic E-state index is 5.89. The van der Waals surface area contributed by atoms with Crippen LogP contribution in [0.15, 0.2) is 61.2 Å². The third-order valence-corrected chi connectivity index (χ3v) is 3.16. The fourth-order valence-corrected chi connectivity index (χ4v) is 2.10. The van der Waals surface area contributed by atoms with E-state index in [1.807, 2.05) is 55.5 Å². The lowest BCUT2D eigenvalue weighted by Gasteiger charge is -2.13. The SMILES string of the molecule is C=CCNCc1ccc(OCc2ccccc2)c(OCC)c1.Cl. The predicted molar refractivity (Wildman–Crippen MR) is 97.5 cm³/mol. The summed E-state index contributed by atoms with van der Waals surface area (Å²) in [5, 5.41) is 3.28. The van der Waals surface area contributed by atoms with Crippen molar-refractivity contribution in [1.29, 1.82) is 0 Å². The molecule has 0 saturated heterocycles. The number of benzene rings is 2. The zero-order chi connectivity index (χ0) is 15.6. The van der Waals surface area contributed by atoms with E-state index in [-0.39, 0.29) is 12.4 Å². The first-order chi connectivity index (χ1) is 10.8. The minimum atomic E-state index is 0. The van der Waals surface area contributed by atoms with Gasteiger partial charge in [0, 0.05) is 13.1 Å². The van der Waals surface area contributed by atoms with E-state index in [0.29, 0.717) is 13.2 Å². The van der Waals surface area contributed by atoms with Crippen LogP contribution in [-0.2, 0) is 13.2 Å². The molecule has 0 unspecified atom stereocenters. The lowest BCUT2D eigenvalue weighted by atomic mass is 10.2. The van der Waals surface area contributed by atoms with Gasteiger partial charge in [-0.3, -0.25) is 0 Å². The Labute approximate surface area is 144 Å². The van der Waals surface area contributed by atoms with Crippen LogP contribution in [0, 0.1) is 0 Å². The Morgan fingerprint density at radius 3 is 2.48 bits per heavy atom. The Kier molecular flexibility index (Phi) is 8.88. The molecule has 2 rings (SSSR count). The van der Waals surface area contributed by atoms with Gasteiger partial charge in [-0.1, -0.05) is 42.5 Å². The fourth-order valence-electron chi connectivity index (χ4n) is 2.10. The summed E-state index contributed by atoms with van der Waals surface area (Å²) in [7, 11) is 0. The number of nitrogens with one attached hydrogen (secondary N) is 1. The fraction of sp³-hybridized carbons (Fsp3) is 0.263. The molecule has 3 nitrogen and oxygen atoms in total. The Balaban J connectivity index is 0.00000264. The second-order valence-electron chi connectivity index (χ2n) is 4.91. The number of ether oxygens (including phenoxy) is 2. The van der Waals surface area contributed by atoms with Gasteiger partial charge in [0.25, 0.3) is 0 Å². The highest BCUT2D eigenvalue weighted by atomic mass is 35.5. The van der Waals surface area contributed by atoms with Crippen molar-refractivity contribution >= 4 is 12.4 Å². The van der Waals surface area contributed by atoms with Crippen molar-refractivity contribution in [2.24, 2.45) is 0 Å². The van der Waals surface area contributed by atoms with Gasteiger partial charge in [-0.05, 0) is 30.2 Å². The molecule has 0 amide bonds. The van der Waals surface area contributed by atoms with Gasteiger partial charge in [0.15, 0.2) is 11.5 Å². The molecule has 2 aromatic carbocycles. The van der Waals surface area contributed by atoms with Crippen LogP contribution >= 0.6 is 12.4 Å². The molecule has 0 bridgehead atoms. The first-order valence-corrected chi connectivity index (χ1v) is 7.57. The van der Waals surface area contributed by atoms with E-state index >= 15 is 0 Å². The number of hydrogen-bond donors (Lipinski definition) is 1. The van der Waals surface area contributed by atoms with Crippen LogP contribution in [-0.4, -0.2) is 13.2 Å². The maximum Gasteiger partial charge on any atom is 0.161 e. The third kappa shape index (κ3) is 6.35. The summed E-state index contributed by atoms with van der Waals surface area (Å²) < 4.78 is 11.6. The van der Waals surface area contributed by atoms with E-state index in [9.17, 15) is 0 Å². The molecule has 0 aromatic heterocycles. The van der Waals surface area contributed by atoms with Gasteiger partial charge >= 0.3 is 0 Å². The normalized spacial score (nSPS) is 9.78. The van der Waals surface area contributed by atoms with E-state index in [1.54, 1.807) is 0 Å². The topological polar surface area (TPSA) is 30.5 Å². The molecule has 0 heterocycles. The summed E-state index contributed by atoms with van der Waals surface area (Å²) in [6.45, 7) is 8.40. The molecule has 0 aliphatic rings. The molecule has 0 aliphatic heterocycles. The molecule has 2 aromatic rings. The first-order valence-electron chi connectivity index (χ1n) is 7.57. The number of halogens is 1. The third-order valence-electron chi connectivity index (χ3n) is 3.16. The van der Waals surface area contributed by atoms with Crippen molar-refractivity contribution < 1.29 is 9.47 Å². The molecule has 0 atom stereocenters. The molecule has 4 heteroatoms. The Hall–Kier alpha value is -1.97. The van der Waals surface area contributed by atoms with Crippen LogP contribution in [0.1, 0.15) is 18.1 Å². The van der Waals surface area contributed by atoms with E-state index in [0.717, 1.165) is 35.7 Å². The molecule has 0 saturated carbocycles. The van der Waals surface area contributed by atoms with E-state index in [2.05, 4.69) is 18.0 Å². The van der Waals surface area contributed by atoms with E-state index in [1.165, 1.54) is 0 Å². The van der Waals surface area contributed by atoms with Gasteiger partial charge in [-0.15, -0.1) is 19.0 Å². The highest BCUT2D eigenvalue weighted by molar-refractivity contribution is 5.85. The maximum absolute atomic E-state index is 5.89. The highest BCUT2D eigenvalue weighted by Gasteiger charge is 2.07. The van der Waals surface area contributed by atoms with Crippen LogP contribution in [0.5, 0.6) is 11.5 Å². The Bertz CT molecular complexity index is 587. The number of hydrogen-bond acceptors (Lipinski definition) is 3. The van der Waals surface area contributed by atoms with Crippen molar-refractivity contribution in [3.63, 3.8) is 0 Å². The molecule has 0 radical (unpaired) electrons. The largest absolute Gasteiger partial charge is 0.490 e. The van der Waals surface area contributed by atoms with E-state index < -0.39 is 0 Å². The van der Waals surface area contributed by atoms with Crippen molar-refractivity contribution in [2.75, 3.05) is 13.2 Å². The van der Waals surface area contributed by atoms with Gasteiger partial charge in [0.2, 0.25) is 0 Å². The van der Waals surface area contributed by atoms with Crippen LogP contribution in [0.2, 0.25) is 0 Å². The molecule has 0 aliphatic carbocycles. The van der Waals surface area contributed by atoms with Crippen LogP contribution in [0.25, 0.3) is 0 Å². The monoisotopic (exact) mass is 333 g/mol. The lowest BCUT2D eigenvalue weighted by Crippen LogP contribution is -2.12. The second kappa shape index (κ2) is 10.7. The summed E-state index contributed by atoms with van der Waals surface area (Å²) in [6, 6.07) is 16.2. The molecule has 1 N–H and O–H groups in total. The summed E-state index contributed by atoms with van der Waals surface area (Å²) in [5.74, 6) is 1.56. The van der Waals surface area contributed by atoms with Crippen molar-refractivity contribution in [3.8, 4) is 11.5 Å². The van der Waals surface area contributed by atoms with Crippen LogP contribution in [0.4, 0.5) is 0 Å². The summed E-state index contributed by atoms with van der Waals surface area (Å²) in [6.07, 6.45) is 1.85. The summed E-state index contributed by atoms with van der Waals surface area (Å²) >= 11 is 0. The van der Waals surface area contributed by atoms with Gasteiger partial charge in [0.05, 0.1) is 6.61 Å². The van der Waals surface area contributed by atoms with E-state index in [4.69, 9.17) is 9.47 Å². The van der Waals surface area contributed by atoms with Crippen LogP contribution < -0.4 is 14.8 Å². The van der Waals surface area contributed by atoms with Crippen molar-refractivity contribution in [1.82, 2.24) is 5.32 Å². The molecule has 0 fully saturated rings. The Morgan fingerprint density at radius 1 is 1.00 bits per heavy atom. The quantitative estimate of drug-likeness (QED) is 0.546. The zero-order valence-corrected chi connectivity index (χ0v) is 14.3. The summed E-state index contributed by atoms with van der Waals surface area (Å²) in [4.78, 5) is 0. The minimum absolute atomic E-state index is 0. The standard InChI is InChI=1S/C19H23NO2.ClH/c1-3-12-20-14-17-10-11-18(19(13-17)21-4-2)22-15-16-8-6-5-7-9-16;/h3,5-11,13,20H,1,4,12,14-15H2,2H3;1H. The molecule has 23 heavy (non-hydrogen) atoms. The lowest BCUT2D eigenvalue weighted by molar-refractivity contribution is 0.269. The zero-order valence-electron chi connectivity index (χ0n) is 13.5. The Morgan fingerprint density at radius 2 is 1.78 bits per heavy atom. The van der Waals surface area contributed by atoms with Crippen LogP contribution in [0.3, 0.4) is 0 Å². The summed E-state index contributed by atoms with van der Waals surface area (Å²) in [5.41, 5.74) is 2.30. The van der Waals surface area contributed by atoms with Gasteiger partial charge < -0.3 is 14.8 Å². The van der Waals surface area contributed by atoms with Gasteiger partial charge in [0.1, 0.15) is 6.61 Å².